The molecule has 0 spiro atoms. The number of nitro benzene ring substituents is 1. The van der Waals surface area contributed by atoms with E-state index in [0.29, 0.717) is 29.2 Å². The van der Waals surface area contributed by atoms with E-state index in [4.69, 9.17) is 4.74 Å². The van der Waals surface area contributed by atoms with E-state index in [1.54, 1.807) is 24.3 Å². The Bertz CT molecular complexity index is 1280. The van der Waals surface area contributed by atoms with Crippen molar-refractivity contribution in [1.29, 1.82) is 0 Å². The second-order valence-corrected chi connectivity index (χ2v) is 9.73. The lowest BCUT2D eigenvalue weighted by molar-refractivity contribution is -0.384. The van der Waals surface area contributed by atoms with Crippen molar-refractivity contribution in [3.8, 4) is 5.75 Å². The van der Waals surface area contributed by atoms with Gasteiger partial charge in [0.05, 0.1) is 9.83 Å². The summed E-state index contributed by atoms with van der Waals surface area (Å²) in [5, 5.41) is 10.6. The fourth-order valence-electron chi connectivity index (χ4n) is 3.56. The number of nitro groups is 1. The van der Waals surface area contributed by atoms with Crippen LogP contribution in [0.25, 0.3) is 6.08 Å². The van der Waals surface area contributed by atoms with Crippen LogP contribution in [-0.4, -0.2) is 27.5 Å². The van der Waals surface area contributed by atoms with E-state index in [9.17, 15) is 19.7 Å². The molecule has 7 nitrogen and oxygen atoms in total. The number of imide groups is 1. The van der Waals surface area contributed by atoms with Crippen molar-refractivity contribution >= 4 is 50.6 Å². The van der Waals surface area contributed by atoms with Crippen molar-refractivity contribution in [3.63, 3.8) is 0 Å². The van der Waals surface area contributed by atoms with Crippen molar-refractivity contribution in [2.24, 2.45) is 0 Å². The van der Waals surface area contributed by atoms with Gasteiger partial charge in [0.15, 0.2) is 0 Å². The highest BCUT2D eigenvalue weighted by molar-refractivity contribution is 9.10. The van der Waals surface area contributed by atoms with Crippen LogP contribution in [-0.2, 0) is 17.8 Å². The fourth-order valence-corrected chi connectivity index (χ4v) is 4.79. The van der Waals surface area contributed by atoms with E-state index in [1.165, 1.54) is 22.6 Å². The van der Waals surface area contributed by atoms with Crippen LogP contribution in [0.3, 0.4) is 0 Å². The number of rotatable bonds is 9. The maximum Gasteiger partial charge on any atom is 0.293 e. The first kappa shape index (κ1) is 24.7. The van der Waals surface area contributed by atoms with E-state index in [-0.39, 0.29) is 23.4 Å². The average molecular weight is 553 g/mol. The highest BCUT2D eigenvalue weighted by Gasteiger charge is 2.34. The van der Waals surface area contributed by atoms with Crippen LogP contribution in [0.5, 0.6) is 5.75 Å². The SMILES string of the molecule is O=C1S/C(=C/c2cc(Br)ccc2OCc2ccc([N+](=O)[O-])cc2)C(=O)N1CCCc1ccccc1. The number of benzene rings is 3. The van der Waals surface area contributed by atoms with Crippen LogP contribution in [0, 0.1) is 10.1 Å². The van der Waals surface area contributed by atoms with Gasteiger partial charge in [0.25, 0.3) is 16.8 Å². The molecule has 0 N–H and O–H groups in total. The van der Waals surface area contributed by atoms with Crippen molar-refractivity contribution in [2.75, 3.05) is 6.54 Å². The number of hydrogen-bond acceptors (Lipinski definition) is 6. The summed E-state index contributed by atoms with van der Waals surface area (Å²) in [5.74, 6) is 0.219. The van der Waals surface area contributed by atoms with Gasteiger partial charge < -0.3 is 4.74 Å². The summed E-state index contributed by atoms with van der Waals surface area (Å²) in [6.07, 6.45) is 3.14. The molecule has 1 aliphatic rings. The Kier molecular flexibility index (Phi) is 7.99. The van der Waals surface area contributed by atoms with Gasteiger partial charge in [-0.15, -0.1) is 0 Å². The number of hydrogen-bond donors (Lipinski definition) is 0. The Hall–Kier alpha value is -3.43. The number of carbonyl (C=O) groups is 2. The number of thioether (sulfide) groups is 1. The summed E-state index contributed by atoms with van der Waals surface area (Å²) in [7, 11) is 0. The Morgan fingerprint density at radius 2 is 1.74 bits per heavy atom. The number of halogens is 1. The van der Waals surface area contributed by atoms with Crippen LogP contribution in [0.1, 0.15) is 23.1 Å². The number of carbonyl (C=O) groups excluding carboxylic acids is 2. The molecule has 1 fully saturated rings. The minimum absolute atomic E-state index is 0.0116. The number of non-ortho nitro benzene ring substituents is 1. The minimum atomic E-state index is -0.452. The standard InChI is InChI=1S/C26H21BrN2O5S/c27-21-10-13-23(34-17-19-8-11-22(12-9-19)29(32)33)20(15-21)16-24-25(30)28(26(31)35-24)14-4-7-18-5-2-1-3-6-18/h1-3,5-6,8-13,15-16H,4,7,14,17H2/b24-16+. The van der Waals surface area contributed by atoms with Crippen molar-refractivity contribution in [1.82, 2.24) is 4.90 Å². The van der Waals surface area contributed by atoms with Crippen LogP contribution in [0.4, 0.5) is 10.5 Å². The lowest BCUT2D eigenvalue weighted by Crippen LogP contribution is -2.29. The molecular formula is C26H21BrN2O5S. The molecule has 0 atom stereocenters. The molecule has 0 bridgehead atoms. The quantitative estimate of drug-likeness (QED) is 0.168. The van der Waals surface area contributed by atoms with Gasteiger partial charge in [0, 0.05) is 28.7 Å². The molecule has 1 saturated heterocycles. The van der Waals surface area contributed by atoms with E-state index in [2.05, 4.69) is 15.9 Å². The van der Waals surface area contributed by atoms with E-state index >= 15 is 0 Å². The molecule has 0 saturated carbocycles. The Balaban J connectivity index is 1.44. The predicted molar refractivity (Wildman–Crippen MR) is 139 cm³/mol. The monoisotopic (exact) mass is 552 g/mol. The Labute approximate surface area is 215 Å². The molecule has 178 valence electrons. The van der Waals surface area contributed by atoms with Gasteiger partial charge in [-0.2, -0.15) is 0 Å². The zero-order chi connectivity index (χ0) is 24.8. The molecule has 3 aromatic carbocycles. The molecule has 0 radical (unpaired) electrons. The van der Waals surface area contributed by atoms with E-state index in [0.717, 1.165) is 28.2 Å². The first-order valence-corrected chi connectivity index (χ1v) is 12.5. The van der Waals surface area contributed by atoms with Gasteiger partial charge in [-0.25, -0.2) is 0 Å². The first-order chi connectivity index (χ1) is 16.9. The third kappa shape index (κ3) is 6.37. The average Bonchev–Trinajstić information content (AvgIpc) is 3.12. The van der Waals surface area contributed by atoms with Gasteiger partial charge in [-0.1, -0.05) is 46.3 Å². The summed E-state index contributed by atoms with van der Waals surface area (Å²) < 4.78 is 6.74. The first-order valence-electron chi connectivity index (χ1n) is 10.9. The van der Waals surface area contributed by atoms with Crippen LogP contribution < -0.4 is 4.74 Å². The number of amides is 2. The second-order valence-electron chi connectivity index (χ2n) is 7.82. The summed E-state index contributed by atoms with van der Waals surface area (Å²) in [6, 6.07) is 21.5. The topological polar surface area (TPSA) is 89.7 Å². The van der Waals surface area contributed by atoms with Crippen LogP contribution in [0.2, 0.25) is 0 Å². The number of aryl methyl sites for hydroxylation is 1. The van der Waals surface area contributed by atoms with Crippen LogP contribution in [0.15, 0.2) is 82.2 Å². The molecular weight excluding hydrogens is 532 g/mol. The lowest BCUT2D eigenvalue weighted by atomic mass is 10.1. The summed E-state index contributed by atoms with van der Waals surface area (Å²) in [5.41, 5.74) is 2.59. The Morgan fingerprint density at radius 3 is 2.46 bits per heavy atom. The molecule has 4 rings (SSSR count). The van der Waals surface area contributed by atoms with E-state index < -0.39 is 4.92 Å². The predicted octanol–water partition coefficient (Wildman–Crippen LogP) is 6.61. The highest BCUT2D eigenvalue weighted by atomic mass is 79.9. The second kappa shape index (κ2) is 11.3. The lowest BCUT2D eigenvalue weighted by Gasteiger charge is -2.12. The molecule has 0 aromatic heterocycles. The largest absolute Gasteiger partial charge is 0.488 e. The van der Waals surface area contributed by atoms with Crippen molar-refractivity contribution in [3.05, 3.63) is 109 Å². The zero-order valence-electron chi connectivity index (χ0n) is 18.6. The van der Waals surface area contributed by atoms with Gasteiger partial charge >= 0.3 is 0 Å². The maximum absolute atomic E-state index is 12.9. The molecule has 1 aliphatic heterocycles. The number of ether oxygens (including phenoxy) is 1. The third-order valence-electron chi connectivity index (χ3n) is 5.36. The van der Waals surface area contributed by atoms with Crippen molar-refractivity contribution in [2.45, 2.75) is 19.4 Å². The van der Waals surface area contributed by atoms with E-state index in [1.807, 2.05) is 42.5 Å². The number of nitrogens with zero attached hydrogens (tertiary/aromatic N) is 2. The summed E-state index contributed by atoms with van der Waals surface area (Å²) >= 11 is 4.36. The minimum Gasteiger partial charge on any atom is -0.488 e. The maximum atomic E-state index is 12.9. The van der Waals surface area contributed by atoms with Gasteiger partial charge in [0.1, 0.15) is 12.4 Å². The highest BCUT2D eigenvalue weighted by Crippen LogP contribution is 2.35. The molecule has 3 aromatic rings. The Morgan fingerprint density at radius 1 is 1.00 bits per heavy atom. The summed E-state index contributed by atoms with van der Waals surface area (Å²) in [6.45, 7) is 0.556. The van der Waals surface area contributed by atoms with Crippen molar-refractivity contribution < 1.29 is 19.2 Å². The normalized spacial score (nSPS) is 14.5. The smallest absolute Gasteiger partial charge is 0.293 e. The fraction of sp³-hybridized carbons (Fsp3) is 0.154. The molecule has 0 unspecified atom stereocenters. The van der Waals surface area contributed by atoms with Gasteiger partial charge in [0.2, 0.25) is 0 Å². The molecule has 1 heterocycles. The van der Waals surface area contributed by atoms with Gasteiger partial charge in [-0.05, 0) is 72.1 Å². The molecule has 2 amide bonds. The third-order valence-corrected chi connectivity index (χ3v) is 6.76. The zero-order valence-corrected chi connectivity index (χ0v) is 21.0. The molecule has 9 heteroatoms. The van der Waals surface area contributed by atoms with Gasteiger partial charge in [-0.3, -0.25) is 24.6 Å². The molecule has 0 aliphatic carbocycles. The molecule has 35 heavy (non-hydrogen) atoms. The van der Waals surface area contributed by atoms with Crippen LogP contribution >= 0.6 is 27.7 Å². The summed E-state index contributed by atoms with van der Waals surface area (Å²) in [4.78, 5) is 37.4.